The van der Waals surface area contributed by atoms with Crippen LogP contribution in [0.3, 0.4) is 0 Å². The van der Waals surface area contributed by atoms with Crippen molar-refractivity contribution in [2.75, 3.05) is 19.5 Å². The molecule has 2 unspecified atom stereocenters. The number of nitrogens with one attached hydrogen (secondary N) is 1. The Hall–Kier alpha value is -2.66. The molecule has 0 saturated heterocycles. The molecule has 3 aromatic rings. The van der Waals surface area contributed by atoms with Gasteiger partial charge in [0.25, 0.3) is 0 Å². The maximum absolute atomic E-state index is 5.48. The Kier molecular flexibility index (Phi) is 4.71. The average molecular weight is 349 g/mol. The van der Waals surface area contributed by atoms with Gasteiger partial charge in [0.15, 0.2) is 5.82 Å². The van der Waals surface area contributed by atoms with E-state index in [-0.39, 0.29) is 0 Å². The van der Waals surface area contributed by atoms with Crippen molar-refractivity contribution in [1.82, 2.24) is 10.2 Å². The van der Waals surface area contributed by atoms with Crippen molar-refractivity contribution < 1.29 is 9.47 Å². The second kappa shape index (κ2) is 7.30. The van der Waals surface area contributed by atoms with E-state index in [0.29, 0.717) is 12.1 Å². The quantitative estimate of drug-likeness (QED) is 0.745. The number of hydrogen-bond acceptors (Lipinski definition) is 5. The molecule has 1 N–H and O–H groups in total. The van der Waals surface area contributed by atoms with Gasteiger partial charge in [-0.15, -0.1) is 10.2 Å². The molecule has 0 aliphatic heterocycles. The number of anilines is 1. The number of benzene rings is 2. The number of ether oxygens (including phenoxy) is 2. The highest BCUT2D eigenvalue weighted by atomic mass is 16.5. The van der Waals surface area contributed by atoms with E-state index in [0.717, 1.165) is 52.9 Å². The average Bonchev–Trinajstić information content (AvgIpc) is 3.16. The van der Waals surface area contributed by atoms with Crippen molar-refractivity contribution in [2.45, 2.75) is 31.4 Å². The fraction of sp³-hybridized carbons (Fsp3) is 0.333. The van der Waals surface area contributed by atoms with Crippen molar-refractivity contribution in [3.8, 4) is 17.0 Å². The lowest BCUT2D eigenvalue weighted by molar-refractivity contribution is 0.108. The number of methoxy groups -OCH3 is 2. The summed E-state index contributed by atoms with van der Waals surface area (Å²) < 4.78 is 10.7. The summed E-state index contributed by atoms with van der Waals surface area (Å²) in [6.45, 7) is 0. The number of rotatable bonds is 5. The first kappa shape index (κ1) is 16.8. The Balaban J connectivity index is 1.69. The van der Waals surface area contributed by atoms with Gasteiger partial charge >= 0.3 is 0 Å². The van der Waals surface area contributed by atoms with E-state index in [9.17, 15) is 0 Å². The topological polar surface area (TPSA) is 56.3 Å². The van der Waals surface area contributed by atoms with E-state index in [4.69, 9.17) is 9.47 Å². The SMILES string of the molecule is COc1ccc(-c2nnc(NC3CCC(OC)C3)c3ccccc23)cc1. The van der Waals surface area contributed by atoms with Gasteiger partial charge in [0, 0.05) is 29.5 Å². The van der Waals surface area contributed by atoms with Crippen LogP contribution in [0.5, 0.6) is 5.75 Å². The highest BCUT2D eigenvalue weighted by Crippen LogP contribution is 2.32. The molecule has 0 radical (unpaired) electrons. The monoisotopic (exact) mass is 349 g/mol. The van der Waals surface area contributed by atoms with Crippen molar-refractivity contribution in [2.24, 2.45) is 0 Å². The fourth-order valence-corrected chi connectivity index (χ4v) is 3.65. The zero-order valence-corrected chi connectivity index (χ0v) is 15.1. The Morgan fingerprint density at radius 3 is 2.38 bits per heavy atom. The number of nitrogens with zero attached hydrogens (tertiary/aromatic N) is 2. The predicted octanol–water partition coefficient (Wildman–Crippen LogP) is 4.28. The minimum absolute atomic E-state index is 0.338. The lowest BCUT2D eigenvalue weighted by atomic mass is 10.0. The van der Waals surface area contributed by atoms with Gasteiger partial charge in [-0.25, -0.2) is 0 Å². The molecule has 2 atom stereocenters. The summed E-state index contributed by atoms with van der Waals surface area (Å²) in [6, 6.07) is 16.6. The van der Waals surface area contributed by atoms with Gasteiger partial charge in [-0.1, -0.05) is 24.3 Å². The normalized spacial score (nSPS) is 19.6. The van der Waals surface area contributed by atoms with Crippen molar-refractivity contribution in [3.63, 3.8) is 0 Å². The smallest absolute Gasteiger partial charge is 0.156 e. The summed E-state index contributed by atoms with van der Waals surface area (Å²) in [6.07, 6.45) is 3.52. The molecule has 1 heterocycles. The summed E-state index contributed by atoms with van der Waals surface area (Å²) >= 11 is 0. The van der Waals surface area contributed by atoms with Gasteiger partial charge in [-0.3, -0.25) is 0 Å². The van der Waals surface area contributed by atoms with E-state index < -0.39 is 0 Å². The molecule has 5 nitrogen and oxygen atoms in total. The summed E-state index contributed by atoms with van der Waals surface area (Å²) in [4.78, 5) is 0. The summed E-state index contributed by atoms with van der Waals surface area (Å²) in [5.74, 6) is 1.68. The van der Waals surface area contributed by atoms with E-state index in [1.165, 1.54) is 0 Å². The summed E-state index contributed by atoms with van der Waals surface area (Å²) in [7, 11) is 3.45. The predicted molar refractivity (Wildman–Crippen MR) is 104 cm³/mol. The molecular formula is C21H23N3O2. The zero-order chi connectivity index (χ0) is 17.9. The molecule has 0 amide bonds. The maximum Gasteiger partial charge on any atom is 0.156 e. The van der Waals surface area contributed by atoms with Gasteiger partial charge < -0.3 is 14.8 Å². The molecule has 1 saturated carbocycles. The lowest BCUT2D eigenvalue weighted by Gasteiger charge is -2.16. The highest BCUT2D eigenvalue weighted by Gasteiger charge is 2.25. The van der Waals surface area contributed by atoms with Gasteiger partial charge in [-0.2, -0.15) is 0 Å². The lowest BCUT2D eigenvalue weighted by Crippen LogP contribution is -2.18. The van der Waals surface area contributed by atoms with E-state index in [1.807, 2.05) is 36.4 Å². The first-order valence-electron chi connectivity index (χ1n) is 8.97. The molecule has 5 heteroatoms. The molecule has 2 aromatic carbocycles. The number of aromatic nitrogens is 2. The molecule has 1 aliphatic carbocycles. The Morgan fingerprint density at radius 2 is 1.69 bits per heavy atom. The standard InChI is InChI=1S/C21H23N3O2/c1-25-16-10-7-14(8-11-16)20-18-5-3-4-6-19(18)21(24-23-20)22-15-9-12-17(13-15)26-2/h3-8,10-11,15,17H,9,12-13H2,1-2H3,(H,22,24). The van der Waals surface area contributed by atoms with Crippen LogP contribution >= 0.6 is 0 Å². The summed E-state index contributed by atoms with van der Waals surface area (Å²) in [5.41, 5.74) is 1.91. The van der Waals surface area contributed by atoms with Crippen LogP contribution in [0.1, 0.15) is 19.3 Å². The first-order chi connectivity index (χ1) is 12.8. The van der Waals surface area contributed by atoms with Gasteiger partial charge in [0.2, 0.25) is 0 Å². The third kappa shape index (κ3) is 3.22. The Bertz CT molecular complexity index is 895. The highest BCUT2D eigenvalue weighted by molar-refractivity contribution is 6.00. The Labute approximate surface area is 153 Å². The van der Waals surface area contributed by atoms with E-state index in [1.54, 1.807) is 14.2 Å². The summed E-state index contributed by atoms with van der Waals surface area (Å²) in [5, 5.41) is 14.8. The van der Waals surface area contributed by atoms with Gasteiger partial charge in [-0.05, 0) is 43.5 Å². The third-order valence-electron chi connectivity index (χ3n) is 5.11. The van der Waals surface area contributed by atoms with E-state index in [2.05, 4.69) is 27.6 Å². The molecule has 1 fully saturated rings. The first-order valence-corrected chi connectivity index (χ1v) is 8.97. The van der Waals surface area contributed by atoms with Crippen LogP contribution in [-0.2, 0) is 4.74 Å². The molecule has 0 spiro atoms. The van der Waals surface area contributed by atoms with Crippen LogP contribution in [0.15, 0.2) is 48.5 Å². The molecule has 1 aliphatic rings. The molecular weight excluding hydrogens is 326 g/mol. The van der Waals surface area contributed by atoms with Crippen molar-refractivity contribution in [3.05, 3.63) is 48.5 Å². The maximum atomic E-state index is 5.48. The fourth-order valence-electron chi connectivity index (χ4n) is 3.65. The van der Waals surface area contributed by atoms with E-state index >= 15 is 0 Å². The van der Waals surface area contributed by atoms with Gasteiger partial charge in [0.1, 0.15) is 11.4 Å². The number of fused-ring (bicyclic) bond motifs is 1. The van der Waals surface area contributed by atoms with Crippen LogP contribution in [0.4, 0.5) is 5.82 Å². The Morgan fingerprint density at radius 1 is 0.923 bits per heavy atom. The minimum atomic E-state index is 0.338. The van der Waals surface area contributed by atoms with Crippen LogP contribution in [-0.4, -0.2) is 36.6 Å². The molecule has 4 rings (SSSR count). The molecule has 0 bridgehead atoms. The van der Waals surface area contributed by atoms with Gasteiger partial charge in [0.05, 0.1) is 13.2 Å². The third-order valence-corrected chi connectivity index (χ3v) is 5.11. The second-order valence-electron chi connectivity index (χ2n) is 6.68. The van der Waals surface area contributed by atoms with Crippen molar-refractivity contribution in [1.29, 1.82) is 0 Å². The molecule has 1 aromatic heterocycles. The van der Waals surface area contributed by atoms with Crippen LogP contribution in [0.25, 0.3) is 22.0 Å². The van der Waals surface area contributed by atoms with Crippen LogP contribution in [0, 0.1) is 0 Å². The second-order valence-corrected chi connectivity index (χ2v) is 6.68. The van der Waals surface area contributed by atoms with Crippen molar-refractivity contribution >= 4 is 16.6 Å². The molecule has 134 valence electrons. The zero-order valence-electron chi connectivity index (χ0n) is 15.1. The minimum Gasteiger partial charge on any atom is -0.497 e. The molecule has 26 heavy (non-hydrogen) atoms. The largest absolute Gasteiger partial charge is 0.497 e. The number of hydrogen-bond donors (Lipinski definition) is 1. The van der Waals surface area contributed by atoms with Crippen LogP contribution < -0.4 is 10.1 Å². The van der Waals surface area contributed by atoms with Crippen LogP contribution in [0.2, 0.25) is 0 Å².